The zero-order valence-corrected chi connectivity index (χ0v) is 21.9. The molecule has 8 nitrogen and oxygen atoms in total. The number of amides is 1. The van der Waals surface area contributed by atoms with Crippen LogP contribution in [-0.4, -0.2) is 43.1 Å². The van der Waals surface area contributed by atoms with Crippen LogP contribution in [0.3, 0.4) is 0 Å². The first-order valence-electron chi connectivity index (χ1n) is 12.4. The number of aromatic nitrogens is 3. The first kappa shape index (κ1) is 25.3. The van der Waals surface area contributed by atoms with Crippen molar-refractivity contribution in [2.24, 2.45) is 0 Å². The summed E-state index contributed by atoms with van der Waals surface area (Å²) in [5.41, 5.74) is 5.76. The second-order valence-electron chi connectivity index (χ2n) is 9.17. The molecule has 0 saturated heterocycles. The Morgan fingerprint density at radius 2 is 1.79 bits per heavy atom. The molecule has 0 spiro atoms. The standard InChI is InChI=1S/C29H26N4O4S/c1-3-4-13-32(18(2)35)22-10-12-26-23(15-22)27(21-8-5-19(17-34)6-9-21)28(29(36)37)33(26)16-20-7-11-24-25(14-20)31-38-30-24/h5-12,14-15,17H,3-4,13,16H2,1-2H3,(H,36,37). The van der Waals surface area contributed by atoms with Gasteiger partial charge in [-0.15, -0.1) is 0 Å². The number of carboxylic acid groups (broad SMARTS) is 1. The van der Waals surface area contributed by atoms with Crippen molar-refractivity contribution >= 4 is 57.5 Å². The van der Waals surface area contributed by atoms with Gasteiger partial charge in [-0.3, -0.25) is 9.59 Å². The predicted molar refractivity (Wildman–Crippen MR) is 149 cm³/mol. The van der Waals surface area contributed by atoms with E-state index in [1.807, 2.05) is 36.4 Å². The van der Waals surface area contributed by atoms with Gasteiger partial charge in [0, 0.05) is 47.7 Å². The molecule has 3 aromatic carbocycles. The molecule has 192 valence electrons. The van der Waals surface area contributed by atoms with E-state index < -0.39 is 5.97 Å². The average molecular weight is 527 g/mol. The van der Waals surface area contributed by atoms with E-state index in [1.165, 1.54) is 6.92 Å². The largest absolute Gasteiger partial charge is 0.477 e. The molecule has 0 bridgehead atoms. The van der Waals surface area contributed by atoms with Crippen molar-refractivity contribution in [3.05, 3.63) is 77.5 Å². The number of hydrogen-bond donors (Lipinski definition) is 1. The third-order valence-electron chi connectivity index (χ3n) is 6.67. The molecule has 1 N–H and O–H groups in total. The fourth-order valence-electron chi connectivity index (χ4n) is 4.81. The SMILES string of the molecule is CCCCN(C(C)=O)c1ccc2c(c1)c(-c1ccc(C=O)cc1)c(C(=O)O)n2Cc1ccc2nsnc2c1. The molecule has 2 heterocycles. The topological polar surface area (TPSA) is 105 Å². The number of carboxylic acids is 1. The van der Waals surface area contributed by atoms with E-state index in [0.29, 0.717) is 35.5 Å². The third kappa shape index (κ3) is 4.68. The van der Waals surface area contributed by atoms with Crippen LogP contribution in [0, 0.1) is 0 Å². The summed E-state index contributed by atoms with van der Waals surface area (Å²) in [6.07, 6.45) is 2.55. The average Bonchev–Trinajstić information content (AvgIpc) is 3.51. The summed E-state index contributed by atoms with van der Waals surface area (Å²) >= 11 is 1.14. The maximum atomic E-state index is 12.8. The molecule has 5 rings (SSSR count). The molecule has 5 aromatic rings. The van der Waals surface area contributed by atoms with E-state index in [0.717, 1.165) is 58.4 Å². The lowest BCUT2D eigenvalue weighted by molar-refractivity contribution is -0.116. The van der Waals surface area contributed by atoms with Crippen molar-refractivity contribution in [2.75, 3.05) is 11.4 Å². The number of carbonyl (C=O) groups excluding carboxylic acids is 2. The monoisotopic (exact) mass is 526 g/mol. The van der Waals surface area contributed by atoms with Crippen LogP contribution in [0.1, 0.15) is 53.1 Å². The van der Waals surface area contributed by atoms with E-state index in [-0.39, 0.29) is 11.6 Å². The van der Waals surface area contributed by atoms with Crippen LogP contribution in [-0.2, 0) is 11.3 Å². The Kier molecular flexibility index (Phi) is 7.02. The molecule has 0 radical (unpaired) electrons. The number of benzene rings is 3. The molecule has 0 aliphatic rings. The van der Waals surface area contributed by atoms with E-state index in [1.54, 1.807) is 33.7 Å². The molecule has 0 aliphatic carbocycles. The highest BCUT2D eigenvalue weighted by molar-refractivity contribution is 7.00. The first-order chi connectivity index (χ1) is 18.4. The fourth-order valence-corrected chi connectivity index (χ4v) is 5.33. The molecule has 0 atom stereocenters. The minimum atomic E-state index is -1.07. The Labute approximate surface area is 223 Å². The molecule has 2 aromatic heterocycles. The Morgan fingerprint density at radius 1 is 1.03 bits per heavy atom. The van der Waals surface area contributed by atoms with Gasteiger partial charge in [-0.05, 0) is 47.9 Å². The number of hydrogen-bond acceptors (Lipinski definition) is 6. The number of fused-ring (bicyclic) bond motifs is 2. The number of nitrogens with zero attached hydrogens (tertiary/aromatic N) is 4. The van der Waals surface area contributed by atoms with Crippen LogP contribution < -0.4 is 4.90 Å². The molecular formula is C29H26N4O4S. The van der Waals surface area contributed by atoms with Gasteiger partial charge >= 0.3 is 5.97 Å². The van der Waals surface area contributed by atoms with E-state index in [2.05, 4.69) is 15.7 Å². The number of aromatic carboxylic acids is 1. The summed E-state index contributed by atoms with van der Waals surface area (Å²) in [6, 6.07) is 18.2. The second kappa shape index (κ2) is 10.5. The van der Waals surface area contributed by atoms with Gasteiger partial charge in [0.05, 0.1) is 11.7 Å². The normalized spacial score (nSPS) is 11.2. The van der Waals surface area contributed by atoms with E-state index in [9.17, 15) is 19.5 Å². The van der Waals surface area contributed by atoms with Gasteiger partial charge in [0.2, 0.25) is 5.91 Å². The molecule has 0 fully saturated rings. The summed E-state index contributed by atoms with van der Waals surface area (Å²) in [7, 11) is 0. The molecule has 0 unspecified atom stereocenters. The molecule has 1 amide bonds. The number of aldehydes is 1. The maximum absolute atomic E-state index is 12.8. The van der Waals surface area contributed by atoms with E-state index in [4.69, 9.17) is 0 Å². The maximum Gasteiger partial charge on any atom is 0.353 e. The number of unbranched alkanes of at least 4 members (excludes halogenated alkanes) is 1. The van der Waals surface area contributed by atoms with Crippen LogP contribution in [0.5, 0.6) is 0 Å². The molecule has 0 saturated carbocycles. The molecule has 0 aliphatic heterocycles. The highest BCUT2D eigenvalue weighted by atomic mass is 32.1. The van der Waals surface area contributed by atoms with Gasteiger partial charge in [0.25, 0.3) is 0 Å². The minimum absolute atomic E-state index is 0.0715. The Morgan fingerprint density at radius 3 is 2.47 bits per heavy atom. The summed E-state index contributed by atoms with van der Waals surface area (Å²) in [5, 5.41) is 11.2. The highest BCUT2D eigenvalue weighted by Crippen LogP contribution is 2.38. The van der Waals surface area contributed by atoms with Crippen LogP contribution in [0.25, 0.3) is 33.1 Å². The summed E-state index contributed by atoms with van der Waals surface area (Å²) in [6.45, 7) is 4.50. The van der Waals surface area contributed by atoms with Crippen molar-refractivity contribution in [1.29, 1.82) is 0 Å². The zero-order chi connectivity index (χ0) is 26.8. The Balaban J connectivity index is 1.74. The van der Waals surface area contributed by atoms with Gasteiger partial charge in [-0.2, -0.15) is 8.75 Å². The van der Waals surface area contributed by atoms with Crippen LogP contribution in [0.15, 0.2) is 60.7 Å². The summed E-state index contributed by atoms with van der Waals surface area (Å²) in [5.74, 6) is -1.14. The minimum Gasteiger partial charge on any atom is -0.477 e. The Bertz CT molecular complexity index is 1670. The van der Waals surface area contributed by atoms with Crippen molar-refractivity contribution < 1.29 is 19.5 Å². The van der Waals surface area contributed by atoms with Crippen LogP contribution in [0.2, 0.25) is 0 Å². The van der Waals surface area contributed by atoms with Crippen LogP contribution >= 0.6 is 11.7 Å². The van der Waals surface area contributed by atoms with Crippen LogP contribution in [0.4, 0.5) is 5.69 Å². The lowest BCUT2D eigenvalue weighted by Crippen LogP contribution is -2.29. The fraction of sp³-hybridized carbons (Fsp3) is 0.207. The summed E-state index contributed by atoms with van der Waals surface area (Å²) < 4.78 is 10.4. The predicted octanol–water partition coefficient (Wildman–Crippen LogP) is 6.03. The van der Waals surface area contributed by atoms with Gasteiger partial charge in [-0.25, -0.2) is 4.79 Å². The summed E-state index contributed by atoms with van der Waals surface area (Å²) in [4.78, 5) is 38.3. The quantitative estimate of drug-likeness (QED) is 0.235. The molecule has 38 heavy (non-hydrogen) atoms. The van der Waals surface area contributed by atoms with E-state index >= 15 is 0 Å². The lowest BCUT2D eigenvalue weighted by Gasteiger charge is -2.21. The molecule has 9 heteroatoms. The Hall–Kier alpha value is -4.37. The van der Waals surface area contributed by atoms with Crippen molar-refractivity contribution in [3.63, 3.8) is 0 Å². The van der Waals surface area contributed by atoms with Crippen molar-refractivity contribution in [3.8, 4) is 11.1 Å². The third-order valence-corrected chi connectivity index (χ3v) is 7.23. The number of carbonyl (C=O) groups is 3. The smallest absolute Gasteiger partial charge is 0.353 e. The lowest BCUT2D eigenvalue weighted by atomic mass is 10.00. The number of rotatable bonds is 9. The molecular weight excluding hydrogens is 500 g/mol. The number of anilines is 1. The second-order valence-corrected chi connectivity index (χ2v) is 9.70. The van der Waals surface area contributed by atoms with Gasteiger partial charge < -0.3 is 14.6 Å². The van der Waals surface area contributed by atoms with Gasteiger partial charge in [0.15, 0.2) is 0 Å². The first-order valence-corrected chi connectivity index (χ1v) is 13.1. The van der Waals surface area contributed by atoms with Crippen molar-refractivity contribution in [2.45, 2.75) is 33.2 Å². The van der Waals surface area contributed by atoms with Gasteiger partial charge in [0.1, 0.15) is 23.0 Å². The van der Waals surface area contributed by atoms with Gasteiger partial charge in [-0.1, -0.05) is 43.7 Å². The zero-order valence-electron chi connectivity index (χ0n) is 21.0. The highest BCUT2D eigenvalue weighted by Gasteiger charge is 2.25. The van der Waals surface area contributed by atoms with Crippen molar-refractivity contribution in [1.82, 2.24) is 13.3 Å².